The average molecular weight is 438 g/mol. The number of nitriles is 1. The van der Waals surface area contributed by atoms with E-state index in [9.17, 15) is 14.9 Å². The number of nitrogens with zero attached hydrogens (tertiary/aromatic N) is 6. The van der Waals surface area contributed by atoms with Gasteiger partial charge in [0, 0.05) is 30.9 Å². The second-order valence-corrected chi connectivity index (χ2v) is 9.11. The summed E-state index contributed by atoms with van der Waals surface area (Å²) in [7, 11) is 0. The van der Waals surface area contributed by atoms with E-state index < -0.39 is 5.60 Å². The van der Waals surface area contributed by atoms with E-state index in [2.05, 4.69) is 15.3 Å². The number of carbonyl (C=O) groups is 1. The Morgan fingerprint density at radius 2 is 2.06 bits per heavy atom. The number of likely N-dealkylation sites (tertiary alicyclic amines) is 1. The van der Waals surface area contributed by atoms with E-state index in [1.54, 1.807) is 11.0 Å². The van der Waals surface area contributed by atoms with Crippen LogP contribution >= 0.6 is 0 Å². The summed E-state index contributed by atoms with van der Waals surface area (Å²) in [5, 5.41) is 17.9. The van der Waals surface area contributed by atoms with Crippen LogP contribution in [0.2, 0.25) is 0 Å². The van der Waals surface area contributed by atoms with Crippen LogP contribution in [0.3, 0.4) is 0 Å². The minimum Gasteiger partial charge on any atom is -0.444 e. The van der Waals surface area contributed by atoms with Crippen molar-refractivity contribution in [3.05, 3.63) is 40.1 Å². The summed E-state index contributed by atoms with van der Waals surface area (Å²) < 4.78 is 8.74. The number of carbonyl (C=O) groups excluding carboxylic acids is 1. The molecule has 0 radical (unpaired) electrons. The van der Waals surface area contributed by atoms with Crippen LogP contribution < -0.4 is 5.56 Å². The molecule has 1 N–H and O–H groups in total. The van der Waals surface area contributed by atoms with E-state index in [1.807, 2.05) is 38.4 Å². The van der Waals surface area contributed by atoms with Crippen molar-refractivity contribution in [1.82, 2.24) is 29.3 Å². The predicted octanol–water partition coefficient (Wildman–Crippen LogP) is 3.03. The zero-order valence-electron chi connectivity index (χ0n) is 18.8. The lowest BCUT2D eigenvalue weighted by atomic mass is 10.1. The van der Waals surface area contributed by atoms with Crippen molar-refractivity contribution in [3.8, 4) is 17.3 Å². The Bertz CT molecular complexity index is 1260. The minimum atomic E-state index is -0.521. The van der Waals surface area contributed by atoms with Crippen LogP contribution in [0.15, 0.2) is 23.1 Å². The molecule has 1 amide bonds. The molecule has 1 aliphatic heterocycles. The summed E-state index contributed by atoms with van der Waals surface area (Å²) in [5.41, 5.74) is 2.10. The molecule has 0 saturated carbocycles. The van der Waals surface area contributed by atoms with Crippen molar-refractivity contribution in [2.24, 2.45) is 0 Å². The van der Waals surface area contributed by atoms with Crippen LogP contribution in [0.5, 0.6) is 0 Å². The standard InChI is InChI=1S/C22H27N7O3/c1-14-20(15-10-18-24-13-17(12-23)28(18)19(30)11-15)25-26-29(14)16-6-5-8-27(9-7-16)21(31)32-22(2,3)4/h10-11,13,16,24H,5-9H2,1-4H3. The molecule has 1 fully saturated rings. The number of aromatic amines is 1. The van der Waals surface area contributed by atoms with Crippen LogP contribution in [-0.2, 0) is 4.74 Å². The third kappa shape index (κ3) is 4.10. The number of pyridine rings is 1. The van der Waals surface area contributed by atoms with E-state index in [1.165, 1.54) is 16.7 Å². The number of aromatic nitrogens is 5. The molecular weight excluding hydrogens is 410 g/mol. The lowest BCUT2D eigenvalue weighted by Gasteiger charge is -2.26. The summed E-state index contributed by atoms with van der Waals surface area (Å²) in [6, 6.07) is 5.37. The summed E-state index contributed by atoms with van der Waals surface area (Å²) >= 11 is 0. The normalized spacial score (nSPS) is 17.2. The van der Waals surface area contributed by atoms with E-state index in [-0.39, 0.29) is 23.4 Å². The Morgan fingerprint density at radius 1 is 1.28 bits per heavy atom. The van der Waals surface area contributed by atoms with Gasteiger partial charge in [-0.1, -0.05) is 5.21 Å². The number of hydrogen-bond acceptors (Lipinski definition) is 6. The first-order valence-corrected chi connectivity index (χ1v) is 10.7. The van der Waals surface area contributed by atoms with Gasteiger partial charge in [0.2, 0.25) is 0 Å². The quantitative estimate of drug-likeness (QED) is 0.658. The highest BCUT2D eigenvalue weighted by molar-refractivity contribution is 5.68. The van der Waals surface area contributed by atoms with E-state index in [0.29, 0.717) is 30.0 Å². The van der Waals surface area contributed by atoms with Crippen molar-refractivity contribution >= 4 is 11.7 Å². The molecule has 10 nitrogen and oxygen atoms in total. The van der Waals surface area contributed by atoms with Gasteiger partial charge in [-0.25, -0.2) is 9.48 Å². The van der Waals surface area contributed by atoms with Crippen molar-refractivity contribution < 1.29 is 9.53 Å². The highest BCUT2D eigenvalue weighted by Gasteiger charge is 2.27. The highest BCUT2D eigenvalue weighted by atomic mass is 16.6. The second-order valence-electron chi connectivity index (χ2n) is 9.11. The summed E-state index contributed by atoms with van der Waals surface area (Å²) in [6.07, 6.45) is 3.67. The SMILES string of the molecule is Cc1c(-c2cc(=O)n3c(C#N)c[nH]c3c2)nnn1C1CCCN(C(=O)OC(C)(C)C)CC1. The van der Waals surface area contributed by atoms with Gasteiger partial charge in [-0.15, -0.1) is 5.10 Å². The van der Waals surface area contributed by atoms with Gasteiger partial charge in [-0.2, -0.15) is 5.26 Å². The maximum Gasteiger partial charge on any atom is 0.410 e. The molecule has 0 spiro atoms. The van der Waals surface area contributed by atoms with E-state index in [0.717, 1.165) is 25.0 Å². The number of amides is 1. The molecule has 4 rings (SSSR count). The maximum atomic E-state index is 12.6. The van der Waals surface area contributed by atoms with Crippen molar-refractivity contribution in [1.29, 1.82) is 5.26 Å². The van der Waals surface area contributed by atoms with Crippen LogP contribution in [0.4, 0.5) is 4.79 Å². The Hall–Kier alpha value is -3.61. The Balaban J connectivity index is 1.56. The first kappa shape index (κ1) is 21.6. The third-order valence-corrected chi connectivity index (χ3v) is 5.64. The Kier molecular flexibility index (Phi) is 5.50. The molecule has 3 aromatic heterocycles. The molecule has 1 unspecified atom stereocenters. The van der Waals surface area contributed by atoms with Crippen LogP contribution in [0, 0.1) is 18.3 Å². The molecule has 1 atom stereocenters. The smallest absolute Gasteiger partial charge is 0.410 e. The van der Waals surface area contributed by atoms with Gasteiger partial charge in [0.1, 0.15) is 28.7 Å². The molecule has 1 aliphatic rings. The number of rotatable bonds is 2. The molecule has 10 heteroatoms. The summed E-state index contributed by atoms with van der Waals surface area (Å²) in [6.45, 7) is 8.76. The van der Waals surface area contributed by atoms with Crippen LogP contribution in [0.1, 0.15) is 57.5 Å². The minimum absolute atomic E-state index is 0.101. The van der Waals surface area contributed by atoms with Crippen LogP contribution in [-0.4, -0.2) is 54.1 Å². The molecule has 168 valence electrons. The number of fused-ring (bicyclic) bond motifs is 1. The van der Waals surface area contributed by atoms with Gasteiger partial charge in [0.25, 0.3) is 5.56 Å². The largest absolute Gasteiger partial charge is 0.444 e. The van der Waals surface area contributed by atoms with Crippen LogP contribution in [0.25, 0.3) is 16.9 Å². The summed E-state index contributed by atoms with van der Waals surface area (Å²) in [4.78, 5) is 29.7. The first-order valence-electron chi connectivity index (χ1n) is 10.7. The molecule has 1 saturated heterocycles. The Morgan fingerprint density at radius 3 is 2.78 bits per heavy atom. The lowest BCUT2D eigenvalue weighted by molar-refractivity contribution is 0.0255. The number of imidazole rings is 1. The topological polar surface area (TPSA) is 121 Å². The first-order chi connectivity index (χ1) is 15.2. The lowest BCUT2D eigenvalue weighted by Crippen LogP contribution is -2.37. The fourth-order valence-electron chi connectivity index (χ4n) is 4.14. The van der Waals surface area contributed by atoms with Gasteiger partial charge in [0.15, 0.2) is 0 Å². The van der Waals surface area contributed by atoms with Gasteiger partial charge >= 0.3 is 6.09 Å². The van der Waals surface area contributed by atoms with Gasteiger partial charge in [0.05, 0.1) is 11.7 Å². The van der Waals surface area contributed by atoms with Crippen molar-refractivity contribution in [3.63, 3.8) is 0 Å². The molecule has 0 aromatic carbocycles. The second kappa shape index (κ2) is 8.15. The zero-order valence-corrected chi connectivity index (χ0v) is 18.8. The fraction of sp³-hybridized carbons (Fsp3) is 0.500. The average Bonchev–Trinajstić information content (AvgIpc) is 3.22. The molecule has 0 aliphatic carbocycles. The maximum absolute atomic E-state index is 12.6. The summed E-state index contributed by atoms with van der Waals surface area (Å²) in [5.74, 6) is 0. The zero-order chi connectivity index (χ0) is 23.0. The van der Waals surface area contributed by atoms with E-state index in [4.69, 9.17) is 4.74 Å². The molecular formula is C22H27N7O3. The number of ether oxygens (including phenoxy) is 1. The third-order valence-electron chi connectivity index (χ3n) is 5.64. The van der Waals surface area contributed by atoms with Crippen molar-refractivity contribution in [2.75, 3.05) is 13.1 Å². The molecule has 3 aromatic rings. The number of nitrogens with one attached hydrogen (secondary N) is 1. The van der Waals surface area contributed by atoms with Gasteiger partial charge in [-0.05, 0) is 53.0 Å². The molecule has 4 heterocycles. The Labute approximate surface area is 185 Å². The fourth-order valence-corrected chi connectivity index (χ4v) is 4.14. The predicted molar refractivity (Wildman–Crippen MR) is 117 cm³/mol. The monoisotopic (exact) mass is 437 g/mol. The number of hydrogen-bond donors (Lipinski definition) is 1. The van der Waals surface area contributed by atoms with Crippen molar-refractivity contribution in [2.45, 2.75) is 58.6 Å². The molecule has 32 heavy (non-hydrogen) atoms. The highest BCUT2D eigenvalue weighted by Crippen LogP contribution is 2.28. The number of H-pyrrole nitrogens is 1. The van der Waals surface area contributed by atoms with Gasteiger partial charge < -0.3 is 14.6 Å². The molecule has 0 bridgehead atoms. The van der Waals surface area contributed by atoms with Gasteiger partial charge in [-0.3, -0.25) is 9.20 Å². The van der Waals surface area contributed by atoms with E-state index >= 15 is 0 Å².